The number of thioether (sulfide) groups is 1. The summed E-state index contributed by atoms with van der Waals surface area (Å²) in [5, 5.41) is 5.33. The van der Waals surface area contributed by atoms with Gasteiger partial charge >= 0.3 is 6.03 Å². The maximum absolute atomic E-state index is 11.7. The summed E-state index contributed by atoms with van der Waals surface area (Å²) in [5.74, 6) is 0.316. The van der Waals surface area contributed by atoms with Crippen LogP contribution in [-0.2, 0) is 4.79 Å². The Morgan fingerprint density at radius 1 is 1.18 bits per heavy atom. The Kier molecular flexibility index (Phi) is 5.31. The molecule has 5 heteroatoms. The summed E-state index contributed by atoms with van der Waals surface area (Å²) in [7, 11) is 0. The van der Waals surface area contributed by atoms with Gasteiger partial charge in [0.1, 0.15) is 0 Å². The van der Waals surface area contributed by atoms with Crippen LogP contribution in [0.3, 0.4) is 0 Å². The number of hydrogen-bond donors (Lipinski definition) is 2. The molecule has 0 saturated heterocycles. The van der Waals surface area contributed by atoms with Gasteiger partial charge in [0.15, 0.2) is 0 Å². The van der Waals surface area contributed by atoms with Gasteiger partial charge < -0.3 is 5.32 Å². The quantitative estimate of drug-likeness (QED) is 0.794. The van der Waals surface area contributed by atoms with Gasteiger partial charge in [0, 0.05) is 11.3 Å². The van der Waals surface area contributed by atoms with Crippen LogP contribution in [0.4, 0.5) is 4.79 Å². The second-order valence-corrected chi connectivity index (χ2v) is 6.69. The zero-order valence-corrected chi connectivity index (χ0v) is 11.8. The number of amides is 3. The molecule has 0 aromatic carbocycles. The Morgan fingerprint density at radius 3 is 2.24 bits per heavy atom. The van der Waals surface area contributed by atoms with Crippen molar-refractivity contribution >= 4 is 23.7 Å². The minimum absolute atomic E-state index is 0.197. The lowest BCUT2D eigenvalue weighted by atomic mass is 10.2. The van der Waals surface area contributed by atoms with Crippen LogP contribution in [0.2, 0.25) is 0 Å². The van der Waals surface area contributed by atoms with E-state index in [-0.39, 0.29) is 23.2 Å². The molecule has 0 radical (unpaired) electrons. The molecule has 0 aromatic heterocycles. The maximum atomic E-state index is 11.7. The highest BCUT2D eigenvalue weighted by atomic mass is 32.2. The topological polar surface area (TPSA) is 58.2 Å². The predicted octanol–water partition coefficient (Wildman–Crippen LogP) is 2.14. The van der Waals surface area contributed by atoms with Gasteiger partial charge in [-0.25, -0.2) is 4.79 Å². The molecule has 4 nitrogen and oxygen atoms in total. The molecule has 3 amide bonds. The van der Waals surface area contributed by atoms with E-state index >= 15 is 0 Å². The van der Waals surface area contributed by atoms with Crippen molar-refractivity contribution in [1.29, 1.82) is 0 Å². The number of rotatable bonds is 5. The highest BCUT2D eigenvalue weighted by Gasteiger charge is 2.25. The van der Waals surface area contributed by atoms with Crippen LogP contribution < -0.4 is 10.6 Å². The molecule has 0 spiro atoms. The molecule has 1 rings (SSSR count). The fourth-order valence-electron chi connectivity index (χ4n) is 1.20. The first-order valence-corrected chi connectivity index (χ1v) is 7.11. The van der Waals surface area contributed by atoms with Crippen molar-refractivity contribution < 1.29 is 9.59 Å². The molecule has 1 fully saturated rings. The summed E-state index contributed by atoms with van der Waals surface area (Å²) in [6.45, 7) is 8.19. The molecule has 2 atom stereocenters. The lowest BCUT2D eigenvalue weighted by Gasteiger charge is -2.19. The van der Waals surface area contributed by atoms with Crippen LogP contribution in [0.5, 0.6) is 0 Å². The van der Waals surface area contributed by atoms with Gasteiger partial charge in [-0.2, -0.15) is 0 Å². The van der Waals surface area contributed by atoms with Gasteiger partial charge in [0.05, 0.1) is 5.25 Å². The zero-order chi connectivity index (χ0) is 13.0. The molecule has 0 unspecified atom stereocenters. The van der Waals surface area contributed by atoms with E-state index in [9.17, 15) is 9.59 Å². The van der Waals surface area contributed by atoms with Gasteiger partial charge in [0.25, 0.3) is 0 Å². The summed E-state index contributed by atoms with van der Waals surface area (Å²) >= 11 is 1.60. The summed E-state index contributed by atoms with van der Waals surface area (Å²) in [4.78, 5) is 23.1. The van der Waals surface area contributed by atoms with Crippen molar-refractivity contribution in [3.8, 4) is 0 Å². The van der Waals surface area contributed by atoms with E-state index in [1.165, 1.54) is 0 Å². The van der Waals surface area contributed by atoms with Crippen molar-refractivity contribution in [3.05, 3.63) is 0 Å². The largest absolute Gasteiger partial charge is 0.335 e. The van der Waals surface area contributed by atoms with Crippen LogP contribution >= 0.6 is 11.8 Å². The Hall–Kier alpha value is -0.710. The molecule has 0 bridgehead atoms. The number of nitrogens with one attached hydrogen (secondary N) is 2. The van der Waals surface area contributed by atoms with E-state index in [4.69, 9.17) is 0 Å². The van der Waals surface area contributed by atoms with Crippen molar-refractivity contribution in [2.45, 2.75) is 57.1 Å². The Labute approximate surface area is 107 Å². The molecular formula is C12H22N2O2S. The number of hydrogen-bond acceptors (Lipinski definition) is 3. The van der Waals surface area contributed by atoms with Gasteiger partial charge in [-0.1, -0.05) is 20.8 Å². The molecule has 2 N–H and O–H groups in total. The maximum Gasteiger partial charge on any atom is 0.321 e. The second-order valence-electron chi connectivity index (χ2n) is 4.96. The summed E-state index contributed by atoms with van der Waals surface area (Å²) in [6.07, 6.45) is 2.05. The highest BCUT2D eigenvalue weighted by Crippen LogP contribution is 2.23. The molecule has 17 heavy (non-hydrogen) atoms. The fourth-order valence-corrected chi connectivity index (χ4v) is 2.34. The highest BCUT2D eigenvalue weighted by molar-refractivity contribution is 8.01. The smallest absolute Gasteiger partial charge is 0.321 e. The SMILES string of the molecule is CC(C)[C@@H](C)S[C@H](C)C(=O)NC(=O)NC1CC1. The Bertz CT molecular complexity index is 290. The molecule has 1 aliphatic carbocycles. The van der Waals surface area contributed by atoms with E-state index in [1.807, 2.05) is 6.92 Å². The fraction of sp³-hybridized carbons (Fsp3) is 0.833. The lowest BCUT2D eigenvalue weighted by Crippen LogP contribution is -2.43. The summed E-state index contributed by atoms with van der Waals surface area (Å²) in [5.41, 5.74) is 0. The first kappa shape index (κ1) is 14.4. The minimum atomic E-state index is -0.359. The molecule has 1 aliphatic rings. The van der Waals surface area contributed by atoms with Crippen LogP contribution in [-0.4, -0.2) is 28.5 Å². The monoisotopic (exact) mass is 258 g/mol. The van der Waals surface area contributed by atoms with Crippen LogP contribution in [0, 0.1) is 5.92 Å². The van der Waals surface area contributed by atoms with Gasteiger partial charge in [-0.15, -0.1) is 11.8 Å². The zero-order valence-electron chi connectivity index (χ0n) is 10.9. The van der Waals surface area contributed by atoms with Crippen molar-refractivity contribution in [2.24, 2.45) is 5.92 Å². The van der Waals surface area contributed by atoms with E-state index in [0.29, 0.717) is 11.2 Å². The molecule has 0 aliphatic heterocycles. The number of urea groups is 1. The van der Waals surface area contributed by atoms with Gasteiger partial charge in [-0.3, -0.25) is 10.1 Å². The van der Waals surface area contributed by atoms with E-state index in [2.05, 4.69) is 31.4 Å². The summed E-state index contributed by atoms with van der Waals surface area (Å²) in [6, 6.07) is -0.0810. The summed E-state index contributed by atoms with van der Waals surface area (Å²) < 4.78 is 0. The first-order valence-electron chi connectivity index (χ1n) is 6.17. The van der Waals surface area contributed by atoms with Crippen LogP contribution in [0.25, 0.3) is 0 Å². The van der Waals surface area contributed by atoms with Crippen molar-refractivity contribution in [2.75, 3.05) is 0 Å². The number of carbonyl (C=O) groups excluding carboxylic acids is 2. The molecule has 1 saturated carbocycles. The number of imide groups is 1. The van der Waals surface area contributed by atoms with E-state index in [0.717, 1.165) is 12.8 Å². The average Bonchev–Trinajstić information content (AvgIpc) is 3.00. The lowest BCUT2D eigenvalue weighted by molar-refractivity contribution is -0.119. The standard InChI is InChI=1S/C12H22N2O2S/c1-7(2)8(3)17-9(4)11(15)14-12(16)13-10-5-6-10/h7-10H,5-6H2,1-4H3,(H2,13,14,15,16)/t8-,9-/m1/s1. The van der Waals surface area contributed by atoms with Crippen LogP contribution in [0.15, 0.2) is 0 Å². The average molecular weight is 258 g/mol. The van der Waals surface area contributed by atoms with Gasteiger partial charge in [0.2, 0.25) is 5.91 Å². The normalized spacial score (nSPS) is 18.6. The number of carbonyl (C=O) groups is 2. The molecule has 98 valence electrons. The van der Waals surface area contributed by atoms with E-state index < -0.39 is 0 Å². The van der Waals surface area contributed by atoms with Crippen LogP contribution in [0.1, 0.15) is 40.5 Å². The predicted molar refractivity (Wildman–Crippen MR) is 71.0 cm³/mol. The Balaban J connectivity index is 2.27. The minimum Gasteiger partial charge on any atom is -0.335 e. The third kappa shape index (κ3) is 5.44. The Morgan fingerprint density at radius 2 is 1.76 bits per heavy atom. The molecule has 0 aromatic rings. The first-order chi connectivity index (χ1) is 7.90. The van der Waals surface area contributed by atoms with E-state index in [1.54, 1.807) is 11.8 Å². The molecular weight excluding hydrogens is 236 g/mol. The van der Waals surface area contributed by atoms with Crippen molar-refractivity contribution in [1.82, 2.24) is 10.6 Å². The third-order valence-corrected chi connectivity index (χ3v) is 4.47. The second kappa shape index (κ2) is 6.28. The van der Waals surface area contributed by atoms with Crippen molar-refractivity contribution in [3.63, 3.8) is 0 Å². The van der Waals surface area contributed by atoms with Gasteiger partial charge in [-0.05, 0) is 25.7 Å². The third-order valence-electron chi connectivity index (χ3n) is 2.88. The molecule has 0 heterocycles.